The minimum atomic E-state index is -2.14. The number of hydrogen-bond acceptors (Lipinski definition) is 6. The molecule has 0 bridgehead atoms. The van der Waals surface area contributed by atoms with Gasteiger partial charge in [-0.1, -0.05) is 41.0 Å². The number of hydrogen-bond donors (Lipinski definition) is 0. The van der Waals surface area contributed by atoms with Crippen molar-refractivity contribution < 1.29 is 27.6 Å². The minimum absolute atomic E-state index is 0.0102. The predicted molar refractivity (Wildman–Crippen MR) is 149 cm³/mol. The third kappa shape index (κ3) is 8.60. The molecule has 2 aliphatic heterocycles. The Morgan fingerprint density at radius 1 is 1.11 bits per heavy atom. The van der Waals surface area contributed by atoms with Crippen molar-refractivity contribution in [2.24, 2.45) is 11.8 Å². The Hall–Kier alpha value is -0.323. The van der Waals surface area contributed by atoms with E-state index in [4.69, 9.17) is 18.6 Å². The van der Waals surface area contributed by atoms with Crippen LogP contribution < -0.4 is 0 Å². The van der Waals surface area contributed by atoms with Crippen LogP contribution in [0.4, 0.5) is 0 Å². The van der Waals surface area contributed by atoms with E-state index in [-0.39, 0.29) is 39.9 Å². The van der Waals surface area contributed by atoms with Gasteiger partial charge in [-0.2, -0.15) is 0 Å². The van der Waals surface area contributed by atoms with Crippen LogP contribution in [-0.2, 0) is 34.4 Å². The Balaban J connectivity index is 2.11. The highest BCUT2D eigenvalue weighted by Crippen LogP contribution is 2.39. The van der Waals surface area contributed by atoms with Crippen LogP contribution in [0, 0.1) is 11.8 Å². The fourth-order valence-corrected chi connectivity index (χ4v) is 7.22. The maximum Gasteiger partial charge on any atom is 0.334 e. The molecule has 2 fully saturated rings. The molecule has 5 atom stereocenters. The lowest BCUT2D eigenvalue weighted by Gasteiger charge is -2.40. The van der Waals surface area contributed by atoms with Crippen LogP contribution in [0.15, 0.2) is 0 Å². The second-order valence-corrected chi connectivity index (χ2v) is 20.0. The molecule has 2 aliphatic rings. The lowest BCUT2D eigenvalue weighted by Crippen LogP contribution is -2.48. The average molecular weight is 548 g/mol. The molecule has 0 aromatic rings. The van der Waals surface area contributed by atoms with Crippen molar-refractivity contribution in [1.29, 1.82) is 0 Å². The molecule has 0 amide bonds. The van der Waals surface area contributed by atoms with E-state index in [2.05, 4.69) is 52.0 Å². The third-order valence-corrected chi connectivity index (χ3v) is 14.4. The first kappa shape index (κ1) is 31.9. The van der Waals surface area contributed by atoms with E-state index in [0.717, 1.165) is 51.9 Å². The zero-order valence-electron chi connectivity index (χ0n) is 24.6. The van der Waals surface area contributed by atoms with Gasteiger partial charge in [0.1, 0.15) is 6.10 Å². The zero-order chi connectivity index (χ0) is 27.3. The lowest BCUT2D eigenvalue weighted by atomic mass is 9.97. The molecule has 9 heteroatoms. The van der Waals surface area contributed by atoms with Gasteiger partial charge in [0.05, 0.1) is 35.6 Å². The zero-order valence-corrected chi connectivity index (χ0v) is 26.4. The van der Waals surface area contributed by atoms with Gasteiger partial charge in [0.25, 0.3) is 0 Å². The Bertz CT molecular complexity index is 729. The molecule has 0 unspecified atom stereocenters. The third-order valence-electron chi connectivity index (χ3n) is 8.03. The van der Waals surface area contributed by atoms with Gasteiger partial charge in [-0.3, -0.25) is 0 Å². The highest BCUT2D eigenvalue weighted by Gasteiger charge is 2.44. The van der Waals surface area contributed by atoms with Crippen molar-refractivity contribution in [3.8, 4) is 0 Å². The van der Waals surface area contributed by atoms with E-state index >= 15 is 0 Å². The van der Waals surface area contributed by atoms with Crippen molar-refractivity contribution in [2.45, 2.75) is 129 Å². The molecule has 7 nitrogen and oxygen atoms in total. The Morgan fingerprint density at radius 2 is 1.72 bits per heavy atom. The molecule has 212 valence electrons. The minimum Gasteiger partial charge on any atom is -0.463 e. The molecule has 2 saturated heterocycles. The molecule has 0 radical (unpaired) electrons. The summed E-state index contributed by atoms with van der Waals surface area (Å²) in [4.78, 5) is 13.4. The largest absolute Gasteiger partial charge is 0.463 e. The molecule has 0 aliphatic carbocycles. The summed E-state index contributed by atoms with van der Waals surface area (Å²) >= 11 is 0. The number of rotatable bonds is 11. The van der Waals surface area contributed by atoms with Gasteiger partial charge in [0, 0.05) is 18.5 Å². The molecule has 0 aromatic heterocycles. The first-order chi connectivity index (χ1) is 16.6. The van der Waals surface area contributed by atoms with E-state index in [1.54, 1.807) is 0 Å². The quantitative estimate of drug-likeness (QED) is 0.245. The average Bonchev–Trinajstić information content (AvgIpc) is 3.20. The first-order valence-corrected chi connectivity index (χ1v) is 17.9. The summed E-state index contributed by atoms with van der Waals surface area (Å²) in [7, 11) is -3.27. The second-order valence-electron chi connectivity index (χ2n) is 13.0. The summed E-state index contributed by atoms with van der Waals surface area (Å²) in [6.07, 6.45) is 3.40. The van der Waals surface area contributed by atoms with Crippen LogP contribution in [0.1, 0.15) is 87.5 Å². The van der Waals surface area contributed by atoms with Gasteiger partial charge in [0.15, 0.2) is 14.6 Å². The molecule has 0 spiro atoms. The van der Waals surface area contributed by atoms with Gasteiger partial charge >= 0.3 is 5.97 Å². The second kappa shape index (κ2) is 13.2. The standard InChI is InChI=1S/C27H53NO6SSi/c1-11-20(2)24(34-36(9,10)27(6,7)8)25(29)33-19-21-15-16-28(35(30)26(3,4)5)22(21)13-14-23-31-17-12-18-32-23/h20-24H,11-19H2,1-10H3/t20-,21-,22+,24-,35-/m1/s1. The van der Waals surface area contributed by atoms with E-state index in [0.29, 0.717) is 6.61 Å². The maximum atomic E-state index is 13.4. The molecular formula is C27H53NO6SSi. The van der Waals surface area contributed by atoms with Crippen LogP contribution >= 0.6 is 0 Å². The van der Waals surface area contributed by atoms with Gasteiger partial charge in [0.2, 0.25) is 0 Å². The fraction of sp³-hybridized carbons (Fsp3) is 0.963. The van der Waals surface area contributed by atoms with E-state index < -0.39 is 25.4 Å². The number of carbonyl (C=O) groups is 1. The summed E-state index contributed by atoms with van der Waals surface area (Å²) in [6, 6.07) is 0.0512. The first-order valence-electron chi connectivity index (χ1n) is 13.8. The SMILES string of the molecule is CC[C@@H](C)[C@@H](O[Si](C)(C)C(C)(C)C)C(=O)OC[C@H]1CCN([S@](=O)C(C)(C)C)[C@H]1CCC1OCCCO1. The normalized spacial score (nSPS) is 25.5. The smallest absolute Gasteiger partial charge is 0.334 e. The van der Waals surface area contributed by atoms with Crippen LogP contribution in [0.2, 0.25) is 18.1 Å². The van der Waals surface area contributed by atoms with Gasteiger partial charge < -0.3 is 18.6 Å². The summed E-state index contributed by atoms with van der Waals surface area (Å²) in [5, 5.41) is 0.0102. The number of esters is 1. The van der Waals surface area contributed by atoms with Crippen molar-refractivity contribution in [3.63, 3.8) is 0 Å². The van der Waals surface area contributed by atoms with Crippen LogP contribution in [0.5, 0.6) is 0 Å². The highest BCUT2D eigenvalue weighted by molar-refractivity contribution is 7.84. The van der Waals surface area contributed by atoms with E-state index in [9.17, 15) is 9.00 Å². The molecular weight excluding hydrogens is 494 g/mol. The summed E-state index contributed by atoms with van der Waals surface area (Å²) in [5.74, 6) is -0.0620. The van der Waals surface area contributed by atoms with Crippen molar-refractivity contribution in [2.75, 3.05) is 26.4 Å². The van der Waals surface area contributed by atoms with Gasteiger partial charge in [-0.25, -0.2) is 13.3 Å². The molecule has 36 heavy (non-hydrogen) atoms. The number of carbonyl (C=O) groups excluding carboxylic acids is 1. The van der Waals surface area contributed by atoms with Crippen LogP contribution in [0.3, 0.4) is 0 Å². The Kier molecular flexibility index (Phi) is 11.7. The van der Waals surface area contributed by atoms with Crippen molar-refractivity contribution in [1.82, 2.24) is 4.31 Å². The maximum absolute atomic E-state index is 13.4. The molecule has 2 heterocycles. The summed E-state index contributed by atoms with van der Waals surface area (Å²) in [5.41, 5.74) is 0. The topological polar surface area (TPSA) is 74.3 Å². The number of nitrogens with zero attached hydrogens (tertiary/aromatic N) is 1. The van der Waals surface area contributed by atoms with Crippen LogP contribution in [-0.4, -0.2) is 72.3 Å². The van der Waals surface area contributed by atoms with E-state index in [1.807, 2.05) is 20.8 Å². The van der Waals surface area contributed by atoms with E-state index in [1.165, 1.54) is 0 Å². The lowest BCUT2D eigenvalue weighted by molar-refractivity contribution is -0.182. The summed E-state index contributed by atoms with van der Waals surface area (Å²) < 4.78 is 39.2. The summed E-state index contributed by atoms with van der Waals surface area (Å²) in [6.45, 7) is 23.6. The monoisotopic (exact) mass is 547 g/mol. The molecule has 0 saturated carbocycles. The molecule has 0 N–H and O–H groups in total. The Morgan fingerprint density at radius 3 is 2.25 bits per heavy atom. The molecule has 0 aromatic carbocycles. The van der Waals surface area contributed by atoms with Crippen molar-refractivity contribution >= 4 is 25.3 Å². The number of ether oxygens (including phenoxy) is 3. The van der Waals surface area contributed by atoms with Crippen LogP contribution in [0.25, 0.3) is 0 Å². The fourth-order valence-electron chi connectivity index (χ4n) is 4.40. The predicted octanol–water partition coefficient (Wildman–Crippen LogP) is 5.66. The van der Waals surface area contributed by atoms with Crippen molar-refractivity contribution in [3.05, 3.63) is 0 Å². The van der Waals surface area contributed by atoms with Gasteiger partial charge in [-0.05, 0) is 70.5 Å². The Labute approximate surface area is 224 Å². The molecule has 2 rings (SSSR count). The van der Waals surface area contributed by atoms with Gasteiger partial charge in [-0.15, -0.1) is 0 Å². The highest BCUT2D eigenvalue weighted by atomic mass is 32.2.